The molecule has 1 aliphatic heterocycles. The van der Waals surface area contributed by atoms with E-state index in [9.17, 15) is 14.9 Å². The predicted octanol–water partition coefficient (Wildman–Crippen LogP) is 5.10. The predicted molar refractivity (Wildman–Crippen MR) is 111 cm³/mol. The Morgan fingerprint density at radius 3 is 2.45 bits per heavy atom. The molecule has 1 amide bonds. The van der Waals surface area contributed by atoms with Crippen molar-refractivity contribution in [1.29, 1.82) is 0 Å². The molecule has 0 radical (unpaired) electrons. The van der Waals surface area contributed by atoms with Crippen LogP contribution in [0, 0.1) is 22.5 Å². The summed E-state index contributed by atoms with van der Waals surface area (Å²) in [6.45, 7) is 12.5. The van der Waals surface area contributed by atoms with E-state index < -0.39 is 5.60 Å². The molecular formula is C22H30N2O5. The first-order valence-electron chi connectivity index (χ1n) is 10.0. The highest BCUT2D eigenvalue weighted by atomic mass is 16.6. The van der Waals surface area contributed by atoms with Gasteiger partial charge in [-0.2, -0.15) is 0 Å². The number of nitrogens with zero attached hydrogens (tertiary/aromatic N) is 2. The van der Waals surface area contributed by atoms with Crippen LogP contribution in [0.15, 0.2) is 18.2 Å². The second kappa shape index (κ2) is 7.35. The van der Waals surface area contributed by atoms with E-state index in [1.165, 1.54) is 0 Å². The van der Waals surface area contributed by atoms with Crippen molar-refractivity contribution in [1.82, 2.24) is 4.90 Å². The van der Waals surface area contributed by atoms with Crippen molar-refractivity contribution in [2.75, 3.05) is 13.1 Å². The maximum absolute atomic E-state index is 12.5. The van der Waals surface area contributed by atoms with Crippen LogP contribution in [-0.2, 0) is 4.74 Å². The van der Waals surface area contributed by atoms with Gasteiger partial charge in [0.1, 0.15) is 5.60 Å². The van der Waals surface area contributed by atoms with E-state index >= 15 is 0 Å². The van der Waals surface area contributed by atoms with Gasteiger partial charge in [0.2, 0.25) is 0 Å². The fourth-order valence-electron chi connectivity index (χ4n) is 3.61. The quantitative estimate of drug-likeness (QED) is 0.517. The van der Waals surface area contributed by atoms with E-state index in [1.807, 2.05) is 33.8 Å². The number of aryl methyl sites for hydroxylation is 1. The molecule has 0 N–H and O–H groups in total. The van der Waals surface area contributed by atoms with Crippen molar-refractivity contribution in [2.24, 2.45) is 5.41 Å². The molecule has 158 valence electrons. The zero-order valence-electron chi connectivity index (χ0n) is 18.1. The van der Waals surface area contributed by atoms with Gasteiger partial charge in [-0.15, -0.1) is 0 Å². The highest BCUT2D eigenvalue weighted by Gasteiger charge is 2.36. The lowest BCUT2D eigenvalue weighted by Crippen LogP contribution is -2.45. The molecule has 1 aromatic carbocycles. The van der Waals surface area contributed by atoms with E-state index in [-0.39, 0.29) is 28.2 Å². The van der Waals surface area contributed by atoms with Crippen molar-refractivity contribution in [3.63, 3.8) is 0 Å². The molecule has 0 atom stereocenters. The first-order chi connectivity index (χ1) is 13.4. The second-order valence-electron chi connectivity index (χ2n) is 9.57. The van der Waals surface area contributed by atoms with Crippen LogP contribution in [0.2, 0.25) is 0 Å². The molecule has 0 unspecified atom stereocenters. The summed E-state index contributed by atoms with van der Waals surface area (Å²) in [4.78, 5) is 25.3. The van der Waals surface area contributed by atoms with Crippen LogP contribution in [0.1, 0.15) is 58.6 Å². The number of ether oxygens (including phenoxy) is 2. The summed E-state index contributed by atoms with van der Waals surface area (Å²) in [5, 5.41) is 11.5. The summed E-state index contributed by atoms with van der Waals surface area (Å²) in [6, 6.07) is 3.38. The smallest absolute Gasteiger partial charge is 0.410 e. The molecule has 2 aliphatic rings. The second-order valence-corrected chi connectivity index (χ2v) is 9.57. The zero-order valence-corrected chi connectivity index (χ0v) is 18.1. The van der Waals surface area contributed by atoms with E-state index in [4.69, 9.17) is 9.47 Å². The van der Waals surface area contributed by atoms with E-state index in [0.29, 0.717) is 18.8 Å². The third-order valence-electron chi connectivity index (χ3n) is 5.09. The van der Waals surface area contributed by atoms with Gasteiger partial charge in [-0.1, -0.05) is 19.9 Å². The Morgan fingerprint density at radius 1 is 1.28 bits per heavy atom. The maximum atomic E-state index is 12.5. The van der Waals surface area contributed by atoms with Gasteiger partial charge >= 0.3 is 11.8 Å². The summed E-state index contributed by atoms with van der Waals surface area (Å²) < 4.78 is 11.3. The minimum absolute atomic E-state index is 0.00254. The molecule has 29 heavy (non-hydrogen) atoms. The van der Waals surface area contributed by atoms with Crippen LogP contribution >= 0.6 is 0 Å². The Bertz CT molecular complexity index is 863. The lowest BCUT2D eigenvalue weighted by atomic mass is 9.76. The number of nitro benzene ring substituents is 1. The Kier molecular flexibility index (Phi) is 5.36. The van der Waals surface area contributed by atoms with Gasteiger partial charge in [-0.05, 0) is 63.3 Å². The van der Waals surface area contributed by atoms with Gasteiger partial charge in [0.15, 0.2) is 5.75 Å². The number of carbonyl (C=O) groups excluding carboxylic acids is 1. The van der Waals surface area contributed by atoms with Crippen molar-refractivity contribution < 1.29 is 19.2 Å². The number of carbonyl (C=O) groups is 1. The Hall–Kier alpha value is -2.57. The van der Waals surface area contributed by atoms with Crippen molar-refractivity contribution in [2.45, 2.75) is 66.1 Å². The van der Waals surface area contributed by atoms with Gasteiger partial charge in [0.05, 0.1) is 11.0 Å². The van der Waals surface area contributed by atoms with Crippen LogP contribution in [0.3, 0.4) is 0 Å². The third-order valence-corrected chi connectivity index (χ3v) is 5.09. The Morgan fingerprint density at radius 2 is 1.93 bits per heavy atom. The third kappa shape index (κ3) is 4.89. The first-order valence-corrected chi connectivity index (χ1v) is 10.0. The van der Waals surface area contributed by atoms with Crippen molar-refractivity contribution in [3.05, 3.63) is 39.4 Å². The minimum Gasteiger partial charge on any atom is -0.483 e. The number of rotatable bonds is 4. The Balaban J connectivity index is 1.93. The summed E-state index contributed by atoms with van der Waals surface area (Å²) >= 11 is 0. The summed E-state index contributed by atoms with van der Waals surface area (Å²) in [5.74, 6) is 0.323. The van der Waals surface area contributed by atoms with Crippen molar-refractivity contribution >= 4 is 17.4 Å². The molecule has 1 aromatic rings. The average molecular weight is 402 g/mol. The summed E-state index contributed by atoms with van der Waals surface area (Å²) in [7, 11) is 0. The molecule has 0 bridgehead atoms. The molecular weight excluding hydrogens is 372 g/mol. The van der Waals surface area contributed by atoms with Crippen LogP contribution in [0.25, 0.3) is 5.57 Å². The molecule has 3 rings (SSSR count). The molecule has 7 nitrogen and oxygen atoms in total. The van der Waals surface area contributed by atoms with Gasteiger partial charge in [0.25, 0.3) is 0 Å². The minimum atomic E-state index is -0.546. The fraction of sp³-hybridized carbons (Fsp3) is 0.591. The van der Waals surface area contributed by atoms with Crippen LogP contribution in [-0.4, -0.2) is 40.7 Å². The van der Waals surface area contributed by atoms with Gasteiger partial charge in [-0.3, -0.25) is 10.1 Å². The highest BCUT2D eigenvalue weighted by molar-refractivity contribution is 5.78. The molecule has 1 heterocycles. The normalized spacial score (nSPS) is 18.8. The molecule has 1 aliphatic carbocycles. The molecule has 0 aromatic heterocycles. The van der Waals surface area contributed by atoms with Gasteiger partial charge < -0.3 is 14.4 Å². The number of hydrogen-bond donors (Lipinski definition) is 0. The number of amides is 1. The molecule has 1 fully saturated rings. The fourth-order valence-corrected chi connectivity index (χ4v) is 3.61. The van der Waals surface area contributed by atoms with E-state index in [2.05, 4.69) is 13.8 Å². The lowest BCUT2D eigenvalue weighted by Gasteiger charge is -2.39. The molecule has 7 heteroatoms. The standard InChI is InChI=1S/C22H30N2O5/c1-14-11-18(24(26)27)19(28-15-7-8-15)12-16(14)17-9-10-23(13-22(17,5)6)20(25)29-21(2,3)4/h9,11-12,15H,7-8,10,13H2,1-6H3. The summed E-state index contributed by atoms with van der Waals surface area (Å²) in [5.41, 5.74) is 1.93. The molecule has 0 spiro atoms. The van der Waals surface area contributed by atoms with Crippen molar-refractivity contribution in [3.8, 4) is 5.75 Å². The zero-order chi connectivity index (χ0) is 21.6. The van der Waals surface area contributed by atoms with Crippen LogP contribution in [0.5, 0.6) is 5.75 Å². The number of benzene rings is 1. The molecule has 0 saturated heterocycles. The van der Waals surface area contributed by atoms with Crippen LogP contribution < -0.4 is 4.74 Å². The molecule has 1 saturated carbocycles. The average Bonchev–Trinajstić information content (AvgIpc) is 3.38. The highest BCUT2D eigenvalue weighted by Crippen LogP contribution is 2.43. The van der Waals surface area contributed by atoms with Gasteiger partial charge in [0, 0.05) is 24.6 Å². The number of nitro groups is 1. The topological polar surface area (TPSA) is 81.9 Å². The first kappa shape index (κ1) is 21.1. The van der Waals surface area contributed by atoms with E-state index in [0.717, 1.165) is 29.5 Å². The Labute approximate surface area is 171 Å². The van der Waals surface area contributed by atoms with E-state index in [1.54, 1.807) is 17.0 Å². The van der Waals surface area contributed by atoms with Crippen LogP contribution in [0.4, 0.5) is 10.5 Å². The monoisotopic (exact) mass is 402 g/mol. The van der Waals surface area contributed by atoms with Gasteiger partial charge in [-0.25, -0.2) is 4.79 Å². The maximum Gasteiger partial charge on any atom is 0.410 e. The number of hydrogen-bond acceptors (Lipinski definition) is 5. The SMILES string of the molecule is Cc1cc([N+](=O)[O-])c(OC2CC2)cc1C1=CCN(C(=O)OC(C)(C)C)CC1(C)C. The summed E-state index contributed by atoms with van der Waals surface area (Å²) in [6.07, 6.45) is 3.61. The lowest BCUT2D eigenvalue weighted by molar-refractivity contribution is -0.386. The largest absolute Gasteiger partial charge is 0.483 e.